The Bertz CT molecular complexity index is 666. The van der Waals surface area contributed by atoms with Gasteiger partial charge in [0.05, 0.1) is 0 Å². The van der Waals surface area contributed by atoms with Crippen LogP contribution in [0.25, 0.3) is 10.6 Å². The second kappa shape index (κ2) is 6.54. The molecule has 22 heavy (non-hydrogen) atoms. The Morgan fingerprint density at radius 2 is 2.09 bits per heavy atom. The lowest BCUT2D eigenvalue weighted by molar-refractivity contribution is 0.0646. The molecule has 1 aromatic carbocycles. The Labute approximate surface area is 132 Å². The van der Waals surface area contributed by atoms with Gasteiger partial charge in [0.1, 0.15) is 16.5 Å². The number of aromatic nitrogens is 1. The van der Waals surface area contributed by atoms with Crippen LogP contribution in [0.15, 0.2) is 29.6 Å². The highest BCUT2D eigenvalue weighted by atomic mass is 32.1. The third-order valence-electron chi connectivity index (χ3n) is 3.99. The lowest BCUT2D eigenvalue weighted by Gasteiger charge is -2.30. The van der Waals surface area contributed by atoms with Gasteiger partial charge >= 0.3 is 0 Å². The Balaban J connectivity index is 1.74. The van der Waals surface area contributed by atoms with Gasteiger partial charge < -0.3 is 10.0 Å². The number of aliphatic hydroxyl groups is 1. The molecule has 1 fully saturated rings. The molecule has 116 valence electrons. The van der Waals surface area contributed by atoms with E-state index in [-0.39, 0.29) is 24.2 Å². The number of benzene rings is 1. The number of amides is 1. The molecule has 0 aliphatic carbocycles. The summed E-state index contributed by atoms with van der Waals surface area (Å²) in [6.07, 6.45) is 1.62. The Kier molecular flexibility index (Phi) is 4.49. The number of carbonyl (C=O) groups is 1. The van der Waals surface area contributed by atoms with Gasteiger partial charge in [-0.05, 0) is 30.9 Å². The largest absolute Gasteiger partial charge is 0.396 e. The summed E-state index contributed by atoms with van der Waals surface area (Å²) in [5.41, 5.74) is 0.788. The number of piperidine rings is 1. The van der Waals surface area contributed by atoms with Gasteiger partial charge in [0, 0.05) is 30.6 Å². The highest BCUT2D eigenvalue weighted by Crippen LogP contribution is 2.27. The number of thiazole rings is 1. The van der Waals surface area contributed by atoms with E-state index in [2.05, 4.69) is 4.98 Å². The zero-order valence-corrected chi connectivity index (χ0v) is 12.9. The molecule has 6 heteroatoms. The van der Waals surface area contributed by atoms with Crippen molar-refractivity contribution < 1.29 is 14.3 Å². The van der Waals surface area contributed by atoms with Crippen LogP contribution in [0.2, 0.25) is 0 Å². The second-order valence-corrected chi connectivity index (χ2v) is 6.29. The Morgan fingerprint density at radius 1 is 1.36 bits per heavy atom. The highest BCUT2D eigenvalue weighted by Gasteiger charge is 2.25. The fourth-order valence-electron chi connectivity index (χ4n) is 2.61. The molecule has 1 amide bonds. The molecule has 0 unspecified atom stereocenters. The maximum Gasteiger partial charge on any atom is 0.273 e. The van der Waals surface area contributed by atoms with Crippen LogP contribution in [-0.2, 0) is 0 Å². The first-order valence-corrected chi connectivity index (χ1v) is 8.17. The number of rotatable bonds is 3. The SMILES string of the molecule is O=C(c1csc(-c2ccccc2F)n1)N1CCC(CO)CC1. The minimum Gasteiger partial charge on any atom is -0.396 e. The highest BCUT2D eigenvalue weighted by molar-refractivity contribution is 7.13. The summed E-state index contributed by atoms with van der Waals surface area (Å²) in [5.74, 6) is -0.164. The first kappa shape index (κ1) is 15.1. The average Bonchev–Trinajstić information content (AvgIpc) is 3.04. The zero-order valence-electron chi connectivity index (χ0n) is 12.0. The molecule has 1 N–H and O–H groups in total. The van der Waals surface area contributed by atoms with Crippen LogP contribution in [0.5, 0.6) is 0 Å². The van der Waals surface area contributed by atoms with E-state index in [9.17, 15) is 9.18 Å². The van der Waals surface area contributed by atoms with Gasteiger partial charge in [-0.25, -0.2) is 9.37 Å². The number of halogens is 1. The van der Waals surface area contributed by atoms with Crippen LogP contribution >= 0.6 is 11.3 Å². The van der Waals surface area contributed by atoms with Gasteiger partial charge in [-0.1, -0.05) is 12.1 Å². The molecule has 0 spiro atoms. The van der Waals surface area contributed by atoms with Crippen molar-refractivity contribution in [1.29, 1.82) is 0 Å². The van der Waals surface area contributed by atoms with Gasteiger partial charge in [0.25, 0.3) is 5.91 Å². The monoisotopic (exact) mass is 320 g/mol. The predicted octanol–water partition coefficient (Wildman–Crippen LogP) is 2.79. The molecule has 2 aromatic rings. The maximum absolute atomic E-state index is 13.8. The summed E-state index contributed by atoms with van der Waals surface area (Å²) < 4.78 is 13.8. The van der Waals surface area contributed by atoms with E-state index in [0.717, 1.165) is 12.8 Å². The number of nitrogens with zero attached hydrogens (tertiary/aromatic N) is 2. The molecule has 0 radical (unpaired) electrons. The Morgan fingerprint density at radius 3 is 2.77 bits per heavy atom. The molecule has 2 heterocycles. The topological polar surface area (TPSA) is 53.4 Å². The van der Waals surface area contributed by atoms with Crippen LogP contribution in [0.1, 0.15) is 23.3 Å². The number of hydrogen-bond donors (Lipinski definition) is 1. The van der Waals surface area contributed by atoms with E-state index in [0.29, 0.717) is 29.4 Å². The van der Waals surface area contributed by atoms with Crippen molar-refractivity contribution in [2.24, 2.45) is 5.92 Å². The molecule has 1 aliphatic heterocycles. The third-order valence-corrected chi connectivity index (χ3v) is 4.86. The number of likely N-dealkylation sites (tertiary alicyclic amines) is 1. The lowest BCUT2D eigenvalue weighted by atomic mass is 9.98. The lowest BCUT2D eigenvalue weighted by Crippen LogP contribution is -2.39. The first-order chi connectivity index (χ1) is 10.7. The smallest absolute Gasteiger partial charge is 0.273 e. The molecular weight excluding hydrogens is 303 g/mol. The van der Waals surface area contributed by atoms with Crippen molar-refractivity contribution in [1.82, 2.24) is 9.88 Å². The molecular formula is C16H17FN2O2S. The number of carbonyl (C=O) groups excluding carboxylic acids is 1. The summed E-state index contributed by atoms with van der Waals surface area (Å²) in [6, 6.07) is 6.43. The summed E-state index contributed by atoms with van der Waals surface area (Å²) >= 11 is 1.28. The van der Waals surface area contributed by atoms with Gasteiger partial charge in [-0.3, -0.25) is 4.79 Å². The molecule has 4 nitrogen and oxygen atoms in total. The summed E-state index contributed by atoms with van der Waals surface area (Å²) in [6.45, 7) is 1.45. The van der Waals surface area contributed by atoms with Crippen LogP contribution in [0, 0.1) is 11.7 Å². The van der Waals surface area contributed by atoms with Crippen LogP contribution in [0.4, 0.5) is 4.39 Å². The van der Waals surface area contributed by atoms with Crippen LogP contribution in [-0.4, -0.2) is 40.6 Å². The molecule has 0 atom stereocenters. The van der Waals surface area contributed by atoms with Crippen molar-refractivity contribution in [3.05, 3.63) is 41.2 Å². The summed E-state index contributed by atoms with van der Waals surface area (Å²) in [7, 11) is 0. The number of aliphatic hydroxyl groups excluding tert-OH is 1. The van der Waals surface area contributed by atoms with Gasteiger partial charge in [-0.15, -0.1) is 11.3 Å². The van der Waals surface area contributed by atoms with Gasteiger partial charge in [-0.2, -0.15) is 0 Å². The van der Waals surface area contributed by atoms with Crippen molar-refractivity contribution in [3.63, 3.8) is 0 Å². The van der Waals surface area contributed by atoms with E-state index in [4.69, 9.17) is 5.11 Å². The quantitative estimate of drug-likeness (QED) is 0.946. The fourth-order valence-corrected chi connectivity index (χ4v) is 3.43. The first-order valence-electron chi connectivity index (χ1n) is 7.29. The summed E-state index contributed by atoms with van der Waals surface area (Å²) in [5, 5.41) is 11.3. The minimum absolute atomic E-state index is 0.116. The third kappa shape index (κ3) is 3.03. The van der Waals surface area contributed by atoms with E-state index in [1.165, 1.54) is 17.4 Å². The number of hydrogen-bond acceptors (Lipinski definition) is 4. The molecule has 0 bridgehead atoms. The standard InChI is InChI=1S/C16H17FN2O2S/c17-13-4-2-1-3-12(13)15-18-14(10-22-15)16(21)19-7-5-11(9-20)6-8-19/h1-4,10-11,20H,5-9H2. The maximum atomic E-state index is 13.8. The van der Waals surface area contributed by atoms with Crippen LogP contribution in [0.3, 0.4) is 0 Å². The van der Waals surface area contributed by atoms with E-state index in [1.54, 1.807) is 28.5 Å². The zero-order chi connectivity index (χ0) is 15.5. The van der Waals surface area contributed by atoms with E-state index < -0.39 is 0 Å². The Hall–Kier alpha value is -1.79. The van der Waals surface area contributed by atoms with Crippen molar-refractivity contribution in [2.45, 2.75) is 12.8 Å². The predicted molar refractivity (Wildman–Crippen MR) is 83.2 cm³/mol. The van der Waals surface area contributed by atoms with Crippen molar-refractivity contribution in [3.8, 4) is 10.6 Å². The molecule has 0 saturated carbocycles. The average molecular weight is 320 g/mol. The van der Waals surface area contributed by atoms with Gasteiger partial charge in [0.2, 0.25) is 0 Å². The molecule has 1 aliphatic rings. The van der Waals surface area contributed by atoms with E-state index in [1.807, 2.05) is 0 Å². The van der Waals surface area contributed by atoms with Crippen molar-refractivity contribution in [2.75, 3.05) is 19.7 Å². The minimum atomic E-state index is -0.334. The second-order valence-electron chi connectivity index (χ2n) is 5.44. The van der Waals surface area contributed by atoms with Gasteiger partial charge in [0.15, 0.2) is 0 Å². The van der Waals surface area contributed by atoms with E-state index >= 15 is 0 Å². The fraction of sp³-hybridized carbons (Fsp3) is 0.375. The van der Waals surface area contributed by atoms with Crippen LogP contribution < -0.4 is 0 Å². The van der Waals surface area contributed by atoms with Crippen molar-refractivity contribution >= 4 is 17.2 Å². The normalized spacial score (nSPS) is 16.0. The summed E-state index contributed by atoms with van der Waals surface area (Å²) in [4.78, 5) is 18.5. The molecule has 1 saturated heterocycles. The molecule has 1 aromatic heterocycles. The molecule has 3 rings (SSSR count).